The average molecular weight is 219 g/mol. The van der Waals surface area contributed by atoms with Crippen LogP contribution in [0.3, 0.4) is 0 Å². The smallest absolute Gasteiger partial charge is 0.339 e. The molecule has 0 unspecified atom stereocenters. The molecule has 0 atom stereocenters. The minimum absolute atomic E-state index is 0.229. The molecule has 1 N–H and O–H groups in total. The SMILES string of the molecule is CN(C)Cc1cn2cccc(C(=O)O)c2n1. The predicted molar refractivity (Wildman–Crippen MR) is 59.5 cm³/mol. The third-order valence-corrected chi connectivity index (χ3v) is 2.24. The highest BCUT2D eigenvalue weighted by Gasteiger charge is 2.11. The molecule has 0 radical (unpaired) electrons. The molecule has 0 spiro atoms. The van der Waals surface area contributed by atoms with Gasteiger partial charge in [0.1, 0.15) is 5.56 Å². The van der Waals surface area contributed by atoms with Gasteiger partial charge in [-0.1, -0.05) is 0 Å². The highest BCUT2D eigenvalue weighted by atomic mass is 16.4. The Hall–Kier alpha value is -1.88. The van der Waals surface area contributed by atoms with Crippen LogP contribution >= 0.6 is 0 Å². The van der Waals surface area contributed by atoms with E-state index in [4.69, 9.17) is 5.11 Å². The van der Waals surface area contributed by atoms with Crippen molar-refractivity contribution in [2.45, 2.75) is 6.54 Å². The first kappa shape index (κ1) is 10.6. The zero-order valence-corrected chi connectivity index (χ0v) is 9.21. The summed E-state index contributed by atoms with van der Waals surface area (Å²) < 4.78 is 1.74. The van der Waals surface area contributed by atoms with Gasteiger partial charge in [0.15, 0.2) is 5.65 Å². The molecule has 16 heavy (non-hydrogen) atoms. The second-order valence-corrected chi connectivity index (χ2v) is 3.93. The quantitative estimate of drug-likeness (QED) is 0.839. The lowest BCUT2D eigenvalue weighted by Gasteiger charge is -2.04. The summed E-state index contributed by atoms with van der Waals surface area (Å²) in [4.78, 5) is 17.3. The van der Waals surface area contributed by atoms with Gasteiger partial charge < -0.3 is 14.4 Å². The third-order valence-electron chi connectivity index (χ3n) is 2.24. The van der Waals surface area contributed by atoms with E-state index < -0.39 is 5.97 Å². The third kappa shape index (κ3) is 1.90. The fourth-order valence-corrected chi connectivity index (χ4v) is 1.63. The summed E-state index contributed by atoms with van der Waals surface area (Å²) in [5.74, 6) is -0.951. The molecule has 0 bridgehead atoms. The number of aromatic carboxylic acids is 1. The average Bonchev–Trinajstić information content (AvgIpc) is 2.57. The molecule has 5 nitrogen and oxygen atoms in total. The summed E-state index contributed by atoms with van der Waals surface area (Å²) in [5.41, 5.74) is 1.58. The van der Waals surface area contributed by atoms with Gasteiger partial charge in [-0.2, -0.15) is 0 Å². The fraction of sp³-hybridized carbons (Fsp3) is 0.273. The summed E-state index contributed by atoms with van der Waals surface area (Å²) in [5, 5.41) is 9.01. The van der Waals surface area contributed by atoms with Crippen molar-refractivity contribution in [3.05, 3.63) is 35.8 Å². The standard InChI is InChI=1S/C11H13N3O2/c1-13(2)6-8-7-14-5-3-4-9(11(15)16)10(14)12-8/h3-5,7H,6H2,1-2H3,(H,15,16). The molecule has 0 aliphatic rings. The van der Waals surface area contributed by atoms with Crippen LogP contribution in [0, 0.1) is 0 Å². The van der Waals surface area contributed by atoms with Crippen molar-refractivity contribution in [3.8, 4) is 0 Å². The molecule has 0 saturated carbocycles. The molecule has 2 heterocycles. The van der Waals surface area contributed by atoms with Crippen LogP contribution in [0.2, 0.25) is 0 Å². The molecule has 0 amide bonds. The van der Waals surface area contributed by atoms with E-state index in [1.165, 1.54) is 0 Å². The van der Waals surface area contributed by atoms with Crippen LogP contribution in [-0.2, 0) is 6.54 Å². The predicted octanol–water partition coefficient (Wildman–Crippen LogP) is 1.09. The van der Waals surface area contributed by atoms with Crippen molar-refractivity contribution in [1.29, 1.82) is 0 Å². The second-order valence-electron chi connectivity index (χ2n) is 3.93. The van der Waals surface area contributed by atoms with Gasteiger partial charge in [-0.3, -0.25) is 0 Å². The molecule has 84 valence electrons. The highest BCUT2D eigenvalue weighted by molar-refractivity contribution is 5.94. The van der Waals surface area contributed by atoms with E-state index in [1.807, 2.05) is 25.2 Å². The van der Waals surface area contributed by atoms with Gasteiger partial charge >= 0.3 is 5.97 Å². The van der Waals surface area contributed by atoms with Gasteiger partial charge in [0.05, 0.1) is 5.69 Å². The number of nitrogens with zero attached hydrogens (tertiary/aromatic N) is 3. The van der Waals surface area contributed by atoms with E-state index in [2.05, 4.69) is 4.98 Å². The van der Waals surface area contributed by atoms with E-state index >= 15 is 0 Å². The Morgan fingerprint density at radius 3 is 2.94 bits per heavy atom. The van der Waals surface area contributed by atoms with E-state index in [1.54, 1.807) is 22.7 Å². The maximum absolute atomic E-state index is 11.0. The number of fused-ring (bicyclic) bond motifs is 1. The first-order valence-electron chi connectivity index (χ1n) is 4.92. The zero-order valence-electron chi connectivity index (χ0n) is 9.21. The van der Waals surface area contributed by atoms with Gasteiger partial charge in [-0.25, -0.2) is 9.78 Å². The number of hydrogen-bond donors (Lipinski definition) is 1. The Morgan fingerprint density at radius 2 is 2.31 bits per heavy atom. The second kappa shape index (κ2) is 3.94. The van der Waals surface area contributed by atoms with Crippen LogP contribution in [0.5, 0.6) is 0 Å². The molecular weight excluding hydrogens is 206 g/mol. The molecule has 0 aliphatic heterocycles. The van der Waals surface area contributed by atoms with Crippen molar-refractivity contribution in [1.82, 2.24) is 14.3 Å². The molecule has 2 rings (SSSR count). The number of carbonyl (C=O) groups is 1. The first-order valence-corrected chi connectivity index (χ1v) is 4.92. The number of carboxylic acid groups (broad SMARTS) is 1. The van der Waals surface area contributed by atoms with E-state index in [0.29, 0.717) is 12.2 Å². The normalized spacial score (nSPS) is 11.2. The van der Waals surface area contributed by atoms with E-state index in [-0.39, 0.29) is 5.56 Å². The molecule has 0 aromatic carbocycles. The van der Waals surface area contributed by atoms with Gasteiger partial charge in [0.25, 0.3) is 0 Å². The summed E-state index contributed by atoms with van der Waals surface area (Å²) in [6.07, 6.45) is 3.65. The maximum atomic E-state index is 11.0. The molecule has 2 aromatic rings. The van der Waals surface area contributed by atoms with Gasteiger partial charge in [0.2, 0.25) is 0 Å². The lowest BCUT2D eigenvalue weighted by atomic mass is 10.3. The number of imidazole rings is 1. The molecule has 2 aromatic heterocycles. The van der Waals surface area contributed by atoms with Gasteiger partial charge in [-0.15, -0.1) is 0 Å². The van der Waals surface area contributed by atoms with Crippen LogP contribution in [0.4, 0.5) is 0 Å². The minimum Gasteiger partial charge on any atom is -0.478 e. The molecule has 0 fully saturated rings. The number of pyridine rings is 1. The van der Waals surface area contributed by atoms with Crippen molar-refractivity contribution >= 4 is 11.6 Å². The number of aromatic nitrogens is 2. The lowest BCUT2D eigenvalue weighted by Crippen LogP contribution is -2.10. The molecule has 0 aliphatic carbocycles. The zero-order chi connectivity index (χ0) is 11.7. The number of rotatable bonds is 3. The van der Waals surface area contributed by atoms with Crippen molar-refractivity contribution in [2.24, 2.45) is 0 Å². The van der Waals surface area contributed by atoms with E-state index in [0.717, 1.165) is 5.69 Å². The van der Waals surface area contributed by atoms with Crippen LogP contribution in [0.15, 0.2) is 24.5 Å². The molecule has 5 heteroatoms. The van der Waals surface area contributed by atoms with Crippen LogP contribution in [0.1, 0.15) is 16.1 Å². The fourth-order valence-electron chi connectivity index (χ4n) is 1.63. The van der Waals surface area contributed by atoms with Crippen LogP contribution < -0.4 is 0 Å². The Bertz CT molecular complexity index is 531. The van der Waals surface area contributed by atoms with Gasteiger partial charge in [-0.05, 0) is 26.2 Å². The first-order chi connectivity index (χ1) is 7.58. The minimum atomic E-state index is -0.951. The Morgan fingerprint density at radius 1 is 1.56 bits per heavy atom. The molecule has 0 saturated heterocycles. The Labute approximate surface area is 92.9 Å². The summed E-state index contributed by atoms with van der Waals surface area (Å²) in [6, 6.07) is 3.27. The Balaban J connectivity index is 2.52. The monoisotopic (exact) mass is 219 g/mol. The summed E-state index contributed by atoms with van der Waals surface area (Å²) >= 11 is 0. The van der Waals surface area contributed by atoms with Crippen molar-refractivity contribution in [2.75, 3.05) is 14.1 Å². The van der Waals surface area contributed by atoms with Crippen LogP contribution in [-0.4, -0.2) is 39.5 Å². The van der Waals surface area contributed by atoms with Gasteiger partial charge in [0, 0.05) is 18.9 Å². The number of hydrogen-bond acceptors (Lipinski definition) is 3. The Kier molecular flexibility index (Phi) is 2.62. The molecular formula is C11H13N3O2. The number of carboxylic acids is 1. The summed E-state index contributed by atoms with van der Waals surface area (Å²) in [6.45, 7) is 0.695. The van der Waals surface area contributed by atoms with E-state index in [9.17, 15) is 4.79 Å². The van der Waals surface area contributed by atoms with Crippen molar-refractivity contribution in [3.63, 3.8) is 0 Å². The van der Waals surface area contributed by atoms with Crippen LogP contribution in [0.25, 0.3) is 5.65 Å². The summed E-state index contributed by atoms with van der Waals surface area (Å²) in [7, 11) is 3.89. The maximum Gasteiger partial charge on any atom is 0.339 e. The topological polar surface area (TPSA) is 57.8 Å². The highest BCUT2D eigenvalue weighted by Crippen LogP contribution is 2.11. The lowest BCUT2D eigenvalue weighted by molar-refractivity contribution is 0.0698. The van der Waals surface area contributed by atoms with Crippen molar-refractivity contribution < 1.29 is 9.90 Å². The largest absolute Gasteiger partial charge is 0.478 e.